The second-order valence-electron chi connectivity index (χ2n) is 13.5. The number of carbonyl (C=O) groups is 6. The predicted octanol–water partition coefficient (Wildman–Crippen LogP) is 1.16. The van der Waals surface area contributed by atoms with Gasteiger partial charge in [-0.2, -0.15) is 0 Å². The third-order valence-corrected chi connectivity index (χ3v) is 8.96. The zero-order valence-corrected chi connectivity index (χ0v) is 30.2. The molecule has 0 aromatic heterocycles. The van der Waals surface area contributed by atoms with Crippen LogP contribution in [-0.4, -0.2) is 107 Å². The Kier molecular flexibility index (Phi) is 19.3. The van der Waals surface area contributed by atoms with E-state index in [4.69, 9.17) is 4.74 Å². The molecule has 276 valence electrons. The normalized spacial score (nSPS) is 27.1. The minimum Gasteiger partial charge on any atom is -0.460 e. The Hall–Kier alpha value is -3.26. The maximum absolute atomic E-state index is 13.9. The van der Waals surface area contributed by atoms with Crippen LogP contribution in [0.5, 0.6) is 0 Å². The molecule has 0 aliphatic carbocycles. The number of esters is 1. The van der Waals surface area contributed by atoms with Gasteiger partial charge in [0.25, 0.3) is 0 Å². The van der Waals surface area contributed by atoms with Gasteiger partial charge >= 0.3 is 5.97 Å². The number of cyclic esters (lactones) is 1. The second-order valence-corrected chi connectivity index (χ2v) is 13.5. The molecular weight excluding hydrogens is 622 g/mol. The minimum absolute atomic E-state index is 0.00604. The van der Waals surface area contributed by atoms with Crippen molar-refractivity contribution in [3.05, 3.63) is 0 Å². The van der Waals surface area contributed by atoms with E-state index in [-0.39, 0.29) is 12.3 Å². The van der Waals surface area contributed by atoms with E-state index < -0.39 is 96.9 Å². The number of likely N-dealkylation sites (N-methyl/N-ethyl adjacent to an activating group) is 1. The zero-order chi connectivity index (χ0) is 36.6. The number of ether oxygens (including phenoxy) is 1. The maximum atomic E-state index is 13.9. The molecule has 1 saturated heterocycles. The van der Waals surface area contributed by atoms with Gasteiger partial charge in [0, 0.05) is 7.05 Å². The summed E-state index contributed by atoms with van der Waals surface area (Å²) in [5.74, 6) is -5.64. The van der Waals surface area contributed by atoms with Crippen LogP contribution in [0.25, 0.3) is 0 Å². The number of aliphatic hydroxyl groups excluding tert-OH is 2. The van der Waals surface area contributed by atoms with Crippen LogP contribution in [0.15, 0.2) is 0 Å². The molecule has 0 radical (unpaired) electrons. The molecule has 0 spiro atoms. The molecule has 1 aliphatic heterocycles. The summed E-state index contributed by atoms with van der Waals surface area (Å²) >= 11 is 0. The first kappa shape index (κ1) is 42.8. The average Bonchev–Trinajstić information content (AvgIpc) is 3.04. The Labute approximate surface area is 285 Å². The molecule has 1 rings (SSSR count). The van der Waals surface area contributed by atoms with Crippen molar-refractivity contribution in [2.24, 2.45) is 17.8 Å². The van der Waals surface area contributed by atoms with Gasteiger partial charge in [-0.15, -0.1) is 0 Å². The van der Waals surface area contributed by atoms with Gasteiger partial charge in [-0.25, -0.2) is 0 Å². The number of rotatable bonds is 13. The van der Waals surface area contributed by atoms with Crippen molar-refractivity contribution < 1.29 is 43.7 Å². The number of carbonyl (C=O) groups excluding carboxylic acids is 6. The SMILES string of the molecule is CCCCCCCCC1OC(=O)CNC(=O)C(C(C)O)NC(=O)C(CO)NC(=O)C(C(C)CC)NC(=O)C(CC(C)C)N(C)C(=O)C1C. The lowest BCUT2D eigenvalue weighted by Gasteiger charge is -2.34. The van der Waals surface area contributed by atoms with Crippen LogP contribution in [0.3, 0.4) is 0 Å². The first-order valence-electron chi connectivity index (χ1n) is 17.5. The number of nitrogens with one attached hydrogen (secondary N) is 4. The van der Waals surface area contributed by atoms with Gasteiger partial charge in [0.05, 0.1) is 18.6 Å². The van der Waals surface area contributed by atoms with E-state index in [2.05, 4.69) is 28.2 Å². The summed E-state index contributed by atoms with van der Waals surface area (Å²) in [6, 6.07) is -5.15. The zero-order valence-electron chi connectivity index (χ0n) is 30.2. The van der Waals surface area contributed by atoms with Crippen molar-refractivity contribution in [2.75, 3.05) is 20.2 Å². The lowest BCUT2D eigenvalue weighted by atomic mass is 9.94. The Bertz CT molecular complexity index is 1070. The summed E-state index contributed by atoms with van der Waals surface area (Å²) in [6.45, 7) is 11.0. The van der Waals surface area contributed by atoms with Gasteiger partial charge in [0.1, 0.15) is 36.8 Å². The van der Waals surface area contributed by atoms with Gasteiger partial charge < -0.3 is 41.1 Å². The van der Waals surface area contributed by atoms with Gasteiger partial charge in [0.2, 0.25) is 29.5 Å². The minimum atomic E-state index is -1.53. The molecule has 14 heteroatoms. The van der Waals surface area contributed by atoms with Crippen molar-refractivity contribution in [2.45, 2.75) is 143 Å². The van der Waals surface area contributed by atoms with E-state index in [0.717, 1.165) is 32.1 Å². The number of nitrogens with zero attached hydrogens (tertiary/aromatic N) is 1. The van der Waals surface area contributed by atoms with E-state index >= 15 is 0 Å². The Morgan fingerprint density at radius 2 is 1.44 bits per heavy atom. The Balaban J connectivity index is 3.57. The molecular formula is C34H61N5O9. The van der Waals surface area contributed by atoms with E-state index in [0.29, 0.717) is 19.3 Å². The van der Waals surface area contributed by atoms with Crippen molar-refractivity contribution in [3.63, 3.8) is 0 Å². The molecule has 0 saturated carbocycles. The molecule has 6 N–H and O–H groups in total. The van der Waals surface area contributed by atoms with Crippen LogP contribution in [0.2, 0.25) is 0 Å². The van der Waals surface area contributed by atoms with Gasteiger partial charge in [-0.3, -0.25) is 28.8 Å². The number of hydrogen-bond acceptors (Lipinski definition) is 9. The largest absolute Gasteiger partial charge is 0.460 e. The lowest BCUT2D eigenvalue weighted by Crippen LogP contribution is -2.61. The summed E-state index contributed by atoms with van der Waals surface area (Å²) in [7, 11) is 1.51. The third-order valence-electron chi connectivity index (χ3n) is 8.96. The maximum Gasteiger partial charge on any atom is 0.325 e. The molecule has 1 heterocycles. The van der Waals surface area contributed by atoms with E-state index in [9.17, 15) is 39.0 Å². The molecule has 8 unspecified atom stereocenters. The summed E-state index contributed by atoms with van der Waals surface area (Å²) in [4.78, 5) is 81.7. The van der Waals surface area contributed by atoms with Crippen molar-refractivity contribution in [1.29, 1.82) is 0 Å². The highest BCUT2D eigenvalue weighted by Crippen LogP contribution is 2.22. The van der Waals surface area contributed by atoms with Crippen LogP contribution in [0, 0.1) is 17.8 Å². The monoisotopic (exact) mass is 683 g/mol. The summed E-state index contributed by atoms with van der Waals surface area (Å²) in [5.41, 5.74) is 0. The fraction of sp³-hybridized carbons (Fsp3) is 0.824. The van der Waals surface area contributed by atoms with Crippen molar-refractivity contribution in [3.8, 4) is 0 Å². The number of unbranched alkanes of at least 4 members (excludes halogenated alkanes) is 5. The molecule has 5 amide bonds. The van der Waals surface area contributed by atoms with Crippen LogP contribution < -0.4 is 21.3 Å². The molecule has 14 nitrogen and oxygen atoms in total. The summed E-state index contributed by atoms with van der Waals surface area (Å²) in [5, 5.41) is 30.1. The first-order valence-corrected chi connectivity index (χ1v) is 17.5. The fourth-order valence-electron chi connectivity index (χ4n) is 5.60. The highest BCUT2D eigenvalue weighted by atomic mass is 16.5. The Morgan fingerprint density at radius 3 is 2.00 bits per heavy atom. The van der Waals surface area contributed by atoms with Crippen LogP contribution in [0.4, 0.5) is 0 Å². The molecule has 0 bridgehead atoms. The topological polar surface area (TPSA) is 203 Å². The lowest BCUT2D eigenvalue weighted by molar-refractivity contribution is -0.157. The second kappa shape index (κ2) is 21.7. The standard InChI is InChI=1S/C34H61N5O9/c1-9-11-12-13-14-15-16-26-22(6)34(47)39(8)25(17-20(3)4)31(44)37-28(21(5)10-2)33(46)36-24(19-40)30(43)38-29(23(7)41)32(45)35-18-27(42)48-26/h20-26,28-29,40-41H,9-19H2,1-8H3,(H,35,45)(H,36,46)(H,37,44)(H,38,43). The smallest absolute Gasteiger partial charge is 0.325 e. The van der Waals surface area contributed by atoms with Crippen molar-refractivity contribution >= 4 is 35.5 Å². The predicted molar refractivity (Wildman–Crippen MR) is 180 cm³/mol. The van der Waals surface area contributed by atoms with E-state index in [1.165, 1.54) is 18.9 Å². The van der Waals surface area contributed by atoms with Gasteiger partial charge in [-0.1, -0.05) is 80.1 Å². The molecule has 0 aromatic rings. The van der Waals surface area contributed by atoms with Crippen LogP contribution in [-0.2, 0) is 33.5 Å². The van der Waals surface area contributed by atoms with Crippen LogP contribution in [0.1, 0.15) is 106 Å². The molecule has 48 heavy (non-hydrogen) atoms. The van der Waals surface area contributed by atoms with E-state index in [1.807, 2.05) is 20.8 Å². The summed E-state index contributed by atoms with van der Waals surface area (Å²) in [6.07, 6.45) is 4.75. The molecule has 8 atom stereocenters. The first-order chi connectivity index (χ1) is 22.6. The fourth-order valence-corrected chi connectivity index (χ4v) is 5.60. The molecule has 0 aromatic carbocycles. The van der Waals surface area contributed by atoms with Gasteiger partial charge in [-0.05, 0) is 38.0 Å². The number of aliphatic hydroxyl groups is 2. The van der Waals surface area contributed by atoms with Crippen molar-refractivity contribution in [1.82, 2.24) is 26.2 Å². The molecule has 1 fully saturated rings. The van der Waals surface area contributed by atoms with Gasteiger partial charge in [0.15, 0.2) is 0 Å². The van der Waals surface area contributed by atoms with Crippen LogP contribution >= 0.6 is 0 Å². The molecule has 1 aliphatic rings. The quantitative estimate of drug-likeness (QED) is 0.122. The number of amides is 5. The summed E-state index contributed by atoms with van der Waals surface area (Å²) < 4.78 is 5.76. The average molecular weight is 684 g/mol. The Morgan fingerprint density at radius 1 is 0.833 bits per heavy atom. The third kappa shape index (κ3) is 13.7. The van der Waals surface area contributed by atoms with E-state index in [1.54, 1.807) is 13.8 Å². The number of hydrogen-bond donors (Lipinski definition) is 6. The highest BCUT2D eigenvalue weighted by Gasteiger charge is 2.38. The highest BCUT2D eigenvalue weighted by molar-refractivity contribution is 5.96.